The van der Waals surface area contributed by atoms with Gasteiger partial charge in [0.1, 0.15) is 16.8 Å². The quantitative estimate of drug-likeness (QED) is 0.0795. The number of sulfonamides is 1. The zero-order valence-corrected chi connectivity index (χ0v) is 37.0. The fourth-order valence-electron chi connectivity index (χ4n) is 8.91. The van der Waals surface area contributed by atoms with Crippen molar-refractivity contribution in [2.24, 2.45) is 0 Å². The molecule has 21 heteroatoms. The molecular weight excluding hydrogens is 913 g/mol. The molecule has 3 unspecified atom stereocenters. The highest BCUT2D eigenvalue weighted by atomic mass is 32.2. The lowest BCUT2D eigenvalue weighted by atomic mass is 10.0. The van der Waals surface area contributed by atoms with Crippen LogP contribution in [-0.4, -0.2) is 110 Å². The van der Waals surface area contributed by atoms with Crippen molar-refractivity contribution in [2.75, 3.05) is 30.7 Å². The van der Waals surface area contributed by atoms with Gasteiger partial charge >= 0.3 is 5.51 Å². The molecular formula is C44H44F4N6O8S3. The predicted octanol–water partition coefficient (Wildman–Crippen LogP) is 5.31. The van der Waals surface area contributed by atoms with Gasteiger partial charge in [0.25, 0.3) is 31.7 Å². The van der Waals surface area contributed by atoms with Crippen LogP contribution in [0.1, 0.15) is 63.9 Å². The summed E-state index contributed by atoms with van der Waals surface area (Å²) in [5, 5.41) is 5.26. The highest BCUT2D eigenvalue weighted by Gasteiger charge is 2.49. The van der Waals surface area contributed by atoms with Crippen molar-refractivity contribution in [1.29, 1.82) is 0 Å². The predicted molar refractivity (Wildman–Crippen MR) is 231 cm³/mol. The Morgan fingerprint density at radius 2 is 1.55 bits per heavy atom. The average Bonchev–Trinajstić information content (AvgIpc) is 3.69. The molecule has 0 spiro atoms. The van der Waals surface area contributed by atoms with E-state index < -0.39 is 82.4 Å². The Bertz CT molecular complexity index is 2720. The summed E-state index contributed by atoms with van der Waals surface area (Å²) in [6.45, 7) is 2.05. The SMILES string of the molecule is O=C1CCC(N2Cc3cc(CN4C5CCC4CN(CC[C@H](CSc4ccccc4)Nc4ccc(S(=O)(=O)NC(=O)c6ccccc6)cc4S(=O)(=O)C(F)(F)F)C5)c(F)cc3C2=O)C(=O)N1. The first-order chi connectivity index (χ1) is 30.9. The number of piperidine rings is 1. The Balaban J connectivity index is 0.973. The zero-order valence-electron chi connectivity index (χ0n) is 34.6. The maximum atomic E-state index is 15.7. The number of alkyl halides is 3. The number of hydrogen-bond donors (Lipinski definition) is 3. The molecule has 4 aliphatic rings. The lowest BCUT2D eigenvalue weighted by Crippen LogP contribution is -2.53. The number of piperazine rings is 1. The van der Waals surface area contributed by atoms with Gasteiger partial charge in [-0.2, -0.15) is 13.2 Å². The highest BCUT2D eigenvalue weighted by molar-refractivity contribution is 7.99. The van der Waals surface area contributed by atoms with E-state index in [1.165, 1.54) is 47.0 Å². The second-order valence-electron chi connectivity index (χ2n) is 16.5. The van der Waals surface area contributed by atoms with Crippen LogP contribution in [0.4, 0.5) is 23.2 Å². The number of nitrogens with one attached hydrogen (secondary N) is 3. The largest absolute Gasteiger partial charge is 0.501 e. The van der Waals surface area contributed by atoms with E-state index in [2.05, 4.69) is 20.4 Å². The molecule has 4 atom stereocenters. The Labute approximate surface area is 377 Å². The molecule has 4 aromatic carbocycles. The summed E-state index contributed by atoms with van der Waals surface area (Å²) in [5.41, 5.74) is -5.09. The van der Waals surface area contributed by atoms with E-state index in [1.54, 1.807) is 16.9 Å². The van der Waals surface area contributed by atoms with E-state index in [0.717, 1.165) is 29.9 Å². The van der Waals surface area contributed by atoms with Gasteiger partial charge in [0.05, 0.1) is 10.6 Å². The normalized spacial score (nSPS) is 21.0. The average molecular weight is 957 g/mol. The van der Waals surface area contributed by atoms with E-state index in [1.807, 2.05) is 30.3 Å². The van der Waals surface area contributed by atoms with Crippen molar-refractivity contribution >= 4 is 60.9 Å². The van der Waals surface area contributed by atoms with E-state index in [4.69, 9.17) is 0 Å². The van der Waals surface area contributed by atoms with E-state index >= 15 is 4.39 Å². The summed E-state index contributed by atoms with van der Waals surface area (Å²) in [4.78, 5) is 54.7. The van der Waals surface area contributed by atoms with Crippen molar-refractivity contribution in [3.63, 3.8) is 0 Å². The van der Waals surface area contributed by atoms with E-state index in [-0.39, 0.29) is 54.9 Å². The number of rotatable bonds is 15. The maximum Gasteiger partial charge on any atom is 0.501 e. The number of benzene rings is 4. The molecule has 3 N–H and O–H groups in total. The van der Waals surface area contributed by atoms with Gasteiger partial charge in [0, 0.05) is 84.6 Å². The molecule has 8 rings (SSSR count). The second-order valence-corrected chi connectivity index (χ2v) is 21.2. The van der Waals surface area contributed by atoms with Crippen molar-refractivity contribution in [1.82, 2.24) is 24.7 Å². The molecule has 3 fully saturated rings. The van der Waals surface area contributed by atoms with Gasteiger partial charge in [-0.05, 0) is 85.8 Å². The van der Waals surface area contributed by atoms with Crippen LogP contribution >= 0.6 is 11.8 Å². The number of carbonyl (C=O) groups excluding carboxylic acids is 4. The van der Waals surface area contributed by atoms with Gasteiger partial charge < -0.3 is 15.1 Å². The molecule has 4 aliphatic heterocycles. The van der Waals surface area contributed by atoms with Crippen LogP contribution < -0.4 is 15.4 Å². The molecule has 344 valence electrons. The van der Waals surface area contributed by atoms with Gasteiger partial charge in [0.2, 0.25) is 11.8 Å². The molecule has 0 aliphatic carbocycles. The number of anilines is 1. The summed E-state index contributed by atoms with van der Waals surface area (Å²) in [7, 11) is -10.9. The molecule has 3 saturated heterocycles. The summed E-state index contributed by atoms with van der Waals surface area (Å²) >= 11 is 1.40. The van der Waals surface area contributed by atoms with Crippen LogP contribution in [0.3, 0.4) is 0 Å². The third-order valence-electron chi connectivity index (χ3n) is 12.2. The summed E-state index contributed by atoms with van der Waals surface area (Å²) in [5.74, 6) is -2.73. The van der Waals surface area contributed by atoms with Crippen LogP contribution in [0.2, 0.25) is 0 Å². The minimum atomic E-state index is -6.11. The van der Waals surface area contributed by atoms with Crippen LogP contribution in [0.5, 0.6) is 0 Å². The van der Waals surface area contributed by atoms with Crippen LogP contribution in [0.25, 0.3) is 0 Å². The summed E-state index contributed by atoms with van der Waals surface area (Å²) in [6.07, 6.45) is 2.30. The number of fused-ring (bicyclic) bond motifs is 3. The molecule has 0 aromatic heterocycles. The lowest BCUT2D eigenvalue weighted by Gasteiger charge is -2.41. The number of nitrogens with zero attached hydrogens (tertiary/aromatic N) is 3. The highest BCUT2D eigenvalue weighted by Crippen LogP contribution is 2.38. The topological polar surface area (TPSA) is 182 Å². The summed E-state index contributed by atoms with van der Waals surface area (Å²) in [6, 6.07) is 20.3. The molecule has 0 saturated carbocycles. The first-order valence-electron chi connectivity index (χ1n) is 20.8. The number of sulfone groups is 1. The second kappa shape index (κ2) is 18.5. The van der Waals surface area contributed by atoms with Crippen molar-refractivity contribution in [2.45, 2.75) is 89.6 Å². The van der Waals surface area contributed by atoms with Crippen molar-refractivity contribution < 1.29 is 53.6 Å². The third kappa shape index (κ3) is 9.93. The van der Waals surface area contributed by atoms with E-state index in [9.17, 15) is 49.2 Å². The Kier molecular flexibility index (Phi) is 13.1. The minimum absolute atomic E-state index is 0.0357. The van der Waals surface area contributed by atoms with Crippen LogP contribution in [0, 0.1) is 5.82 Å². The van der Waals surface area contributed by atoms with Crippen molar-refractivity contribution in [3.8, 4) is 0 Å². The molecule has 65 heavy (non-hydrogen) atoms. The summed E-state index contributed by atoms with van der Waals surface area (Å²) < 4.78 is 113. The first kappa shape index (κ1) is 46.2. The monoisotopic (exact) mass is 956 g/mol. The van der Waals surface area contributed by atoms with Gasteiger partial charge in [-0.15, -0.1) is 11.8 Å². The molecule has 2 bridgehead atoms. The third-order valence-corrected chi connectivity index (χ3v) is 16.3. The Hall–Kier alpha value is -5.35. The number of halogens is 4. The number of imide groups is 1. The minimum Gasteiger partial charge on any atom is -0.380 e. The van der Waals surface area contributed by atoms with Gasteiger partial charge in [-0.1, -0.05) is 36.4 Å². The Morgan fingerprint density at radius 3 is 2.22 bits per heavy atom. The van der Waals surface area contributed by atoms with E-state index in [0.29, 0.717) is 43.2 Å². The zero-order chi connectivity index (χ0) is 46.3. The fourth-order valence-corrected chi connectivity index (χ4v) is 11.9. The van der Waals surface area contributed by atoms with Gasteiger partial charge in [-0.3, -0.25) is 29.4 Å². The molecule has 14 nitrogen and oxygen atoms in total. The molecule has 4 amide bonds. The Morgan fingerprint density at radius 1 is 0.877 bits per heavy atom. The fraction of sp³-hybridized carbons (Fsp3) is 0.364. The smallest absolute Gasteiger partial charge is 0.380 e. The number of hydrogen-bond acceptors (Lipinski definition) is 12. The van der Waals surface area contributed by atoms with Gasteiger partial charge in [0.15, 0.2) is 0 Å². The number of amides is 4. The number of likely N-dealkylation sites (tertiary alicyclic amines) is 1. The molecule has 4 aromatic rings. The van der Waals surface area contributed by atoms with Crippen molar-refractivity contribution in [3.05, 3.63) is 119 Å². The first-order valence-corrected chi connectivity index (χ1v) is 24.8. The van der Waals surface area contributed by atoms with Crippen LogP contribution in [0.15, 0.2) is 106 Å². The molecule has 0 radical (unpaired) electrons. The van der Waals surface area contributed by atoms with Gasteiger partial charge in [-0.25, -0.2) is 25.9 Å². The maximum absolute atomic E-state index is 15.7. The lowest BCUT2D eigenvalue weighted by molar-refractivity contribution is -0.136. The molecule has 4 heterocycles. The van der Waals surface area contributed by atoms with Crippen LogP contribution in [-0.2, 0) is 42.5 Å². The number of carbonyl (C=O) groups is 4. The number of thioether (sulfide) groups is 1. The standard InChI is InChI=1S/C44H44F4N6O8S3/c45-36-21-35-28(22-54(43(35)58)38-15-16-40(55)50-42(38)57)19-29(36)23-53-31-11-12-32(53)25-52(24-31)18-17-30(26-63-33-9-5-2-6-10-33)49-37-14-13-34(20-39(37)64(59,60)44(46,47)48)65(61,62)51-41(56)27-7-3-1-4-8-27/h1-10,13-14,19-21,30-32,38,49H,11-12,15-18,22-26H2,(H,51,56)(H,50,55,57)/t30-,31?,32?,38?/m1/s1.